The lowest BCUT2D eigenvalue weighted by Crippen LogP contribution is -2.25. The van der Waals surface area contributed by atoms with Crippen LogP contribution in [0.1, 0.15) is 181 Å². The maximum Gasteiger partial charge on any atom is 0.305 e. The first kappa shape index (κ1) is 46.8. The molecule has 0 aromatic heterocycles. The Balaban J connectivity index is 3.52. The summed E-state index contributed by atoms with van der Waals surface area (Å²) in [6.45, 7) is 4.62. The normalized spacial score (nSPS) is 12.8. The van der Waals surface area contributed by atoms with Gasteiger partial charge in [-0.05, 0) is 63.7 Å². The van der Waals surface area contributed by atoms with E-state index in [9.17, 15) is 14.7 Å². The standard InChI is InChI=1S/C43H76O6/c1-40(2)34-30-26-22-18-14-10-7-8-12-16-20-24-28-32-36-43(47)49-39-41(45)38-48-42(46)35-31-27-23-19-15-11-6-4-3-5-9-13-17-21-25-29-33-37-44/h3,5-6,11,13,17,19,23,40-41,44-45H,4,7-10,12,14-16,18,20-22,24-39H2,1-2H3/b5-3-,11-6-,17-13-,23-19-/t41-/m1/s1. The second-order valence-electron chi connectivity index (χ2n) is 14.0. The zero-order chi connectivity index (χ0) is 35.9. The van der Waals surface area contributed by atoms with Crippen molar-refractivity contribution in [2.45, 2.75) is 187 Å². The molecule has 0 heterocycles. The van der Waals surface area contributed by atoms with Gasteiger partial charge in [-0.1, -0.05) is 159 Å². The van der Waals surface area contributed by atoms with Crippen molar-refractivity contribution in [1.82, 2.24) is 0 Å². The largest absolute Gasteiger partial charge is 0.463 e. The van der Waals surface area contributed by atoms with E-state index in [1.54, 1.807) is 0 Å². The second-order valence-corrected chi connectivity index (χ2v) is 14.0. The van der Waals surface area contributed by atoms with Gasteiger partial charge in [-0.2, -0.15) is 0 Å². The number of rotatable bonds is 36. The van der Waals surface area contributed by atoms with Gasteiger partial charge < -0.3 is 19.7 Å². The number of ether oxygens (including phenoxy) is 2. The number of esters is 2. The zero-order valence-corrected chi connectivity index (χ0v) is 31.8. The van der Waals surface area contributed by atoms with Crippen LogP contribution in [-0.4, -0.2) is 48.1 Å². The average Bonchev–Trinajstić information content (AvgIpc) is 3.08. The SMILES string of the molecule is CC(C)CCCCCCCCCCCCCCCCC(=O)OC[C@H](O)COC(=O)CCC/C=C\C/C=C\C/C=C\C/C=C\CCCCCO. The molecule has 0 aliphatic rings. The van der Waals surface area contributed by atoms with E-state index >= 15 is 0 Å². The molecular weight excluding hydrogens is 612 g/mol. The van der Waals surface area contributed by atoms with Crippen LogP contribution in [-0.2, 0) is 19.1 Å². The van der Waals surface area contributed by atoms with Crippen molar-refractivity contribution in [3.63, 3.8) is 0 Å². The smallest absolute Gasteiger partial charge is 0.305 e. The summed E-state index contributed by atoms with van der Waals surface area (Å²) >= 11 is 0. The Bertz CT molecular complexity index is 843. The van der Waals surface area contributed by atoms with Crippen molar-refractivity contribution in [3.05, 3.63) is 48.6 Å². The van der Waals surface area contributed by atoms with Gasteiger partial charge in [0.25, 0.3) is 0 Å². The molecule has 0 aromatic carbocycles. The Morgan fingerprint density at radius 3 is 1.31 bits per heavy atom. The van der Waals surface area contributed by atoms with Crippen LogP contribution in [0.3, 0.4) is 0 Å². The van der Waals surface area contributed by atoms with Gasteiger partial charge in [0.2, 0.25) is 0 Å². The predicted octanol–water partition coefficient (Wildman–Crippen LogP) is 11.4. The van der Waals surface area contributed by atoms with E-state index in [-0.39, 0.29) is 25.2 Å². The van der Waals surface area contributed by atoms with Gasteiger partial charge in [0.05, 0.1) is 0 Å². The van der Waals surface area contributed by atoms with E-state index < -0.39 is 6.10 Å². The summed E-state index contributed by atoms with van der Waals surface area (Å²) in [5, 5.41) is 18.8. The van der Waals surface area contributed by atoms with Crippen LogP contribution in [0.2, 0.25) is 0 Å². The molecular formula is C43H76O6. The summed E-state index contributed by atoms with van der Waals surface area (Å²) in [5.41, 5.74) is 0. The summed E-state index contributed by atoms with van der Waals surface area (Å²) in [4.78, 5) is 23.9. The highest BCUT2D eigenvalue weighted by Crippen LogP contribution is 2.15. The van der Waals surface area contributed by atoms with Crippen LogP contribution < -0.4 is 0 Å². The summed E-state index contributed by atoms with van der Waals surface area (Å²) in [5.74, 6) is 0.206. The van der Waals surface area contributed by atoms with Gasteiger partial charge in [0.1, 0.15) is 19.3 Å². The van der Waals surface area contributed by atoms with E-state index in [1.807, 2.05) is 0 Å². The van der Waals surface area contributed by atoms with E-state index in [0.29, 0.717) is 25.9 Å². The van der Waals surface area contributed by atoms with Crippen molar-refractivity contribution < 1.29 is 29.3 Å². The van der Waals surface area contributed by atoms with E-state index in [4.69, 9.17) is 14.6 Å². The number of aliphatic hydroxyl groups is 2. The third-order valence-electron chi connectivity index (χ3n) is 8.55. The topological polar surface area (TPSA) is 93.1 Å². The second kappa shape index (κ2) is 38.6. The number of hydrogen-bond acceptors (Lipinski definition) is 6. The number of carbonyl (C=O) groups excluding carboxylic acids is 2. The van der Waals surface area contributed by atoms with Crippen LogP contribution in [0.5, 0.6) is 0 Å². The van der Waals surface area contributed by atoms with E-state index in [1.165, 1.54) is 77.0 Å². The van der Waals surface area contributed by atoms with E-state index in [2.05, 4.69) is 62.5 Å². The Hall–Kier alpha value is -2.18. The molecule has 0 saturated carbocycles. The van der Waals surface area contributed by atoms with Crippen molar-refractivity contribution in [2.75, 3.05) is 19.8 Å². The van der Waals surface area contributed by atoms with Gasteiger partial charge >= 0.3 is 11.9 Å². The fourth-order valence-corrected chi connectivity index (χ4v) is 5.48. The molecule has 0 unspecified atom stereocenters. The molecule has 49 heavy (non-hydrogen) atoms. The van der Waals surface area contributed by atoms with Crippen LogP contribution in [0, 0.1) is 5.92 Å². The molecule has 1 atom stereocenters. The molecule has 0 amide bonds. The molecule has 0 radical (unpaired) electrons. The third kappa shape index (κ3) is 40.1. The van der Waals surface area contributed by atoms with Crippen LogP contribution in [0.25, 0.3) is 0 Å². The first-order valence-electron chi connectivity index (χ1n) is 20.2. The Morgan fingerprint density at radius 1 is 0.490 bits per heavy atom. The predicted molar refractivity (Wildman–Crippen MR) is 206 cm³/mol. The van der Waals surface area contributed by atoms with Gasteiger partial charge in [0, 0.05) is 19.4 Å². The molecule has 284 valence electrons. The maximum absolute atomic E-state index is 12.0. The van der Waals surface area contributed by atoms with Crippen molar-refractivity contribution in [2.24, 2.45) is 5.92 Å². The number of allylic oxidation sites excluding steroid dienone is 8. The van der Waals surface area contributed by atoms with Crippen LogP contribution in [0.4, 0.5) is 0 Å². The van der Waals surface area contributed by atoms with Crippen molar-refractivity contribution in [1.29, 1.82) is 0 Å². The van der Waals surface area contributed by atoms with Gasteiger partial charge in [0.15, 0.2) is 0 Å². The Kier molecular flexibility index (Phi) is 36.9. The monoisotopic (exact) mass is 689 g/mol. The summed E-state index contributed by atoms with van der Waals surface area (Å²) in [6.07, 6.45) is 44.7. The minimum absolute atomic E-state index is 0.139. The van der Waals surface area contributed by atoms with Crippen LogP contribution >= 0.6 is 0 Å². The maximum atomic E-state index is 12.0. The molecule has 0 rings (SSSR count). The highest BCUT2D eigenvalue weighted by Gasteiger charge is 2.12. The molecule has 6 nitrogen and oxygen atoms in total. The Labute approximate surface area is 301 Å². The summed E-state index contributed by atoms with van der Waals surface area (Å²) in [6, 6.07) is 0. The first-order chi connectivity index (χ1) is 24.0. The van der Waals surface area contributed by atoms with E-state index in [0.717, 1.165) is 76.5 Å². The summed E-state index contributed by atoms with van der Waals surface area (Å²) in [7, 11) is 0. The molecule has 0 aromatic rings. The molecule has 0 fully saturated rings. The quantitative estimate of drug-likeness (QED) is 0.0387. The molecule has 0 saturated heterocycles. The lowest BCUT2D eigenvalue weighted by Gasteiger charge is -2.12. The van der Waals surface area contributed by atoms with Gasteiger partial charge in [-0.15, -0.1) is 0 Å². The highest BCUT2D eigenvalue weighted by atomic mass is 16.6. The highest BCUT2D eigenvalue weighted by molar-refractivity contribution is 5.69. The average molecular weight is 689 g/mol. The number of carbonyl (C=O) groups is 2. The fraction of sp³-hybridized carbons (Fsp3) is 0.767. The zero-order valence-electron chi connectivity index (χ0n) is 31.8. The van der Waals surface area contributed by atoms with Crippen molar-refractivity contribution in [3.8, 4) is 0 Å². The molecule has 2 N–H and O–H groups in total. The molecule has 6 heteroatoms. The van der Waals surface area contributed by atoms with Gasteiger partial charge in [-0.25, -0.2) is 0 Å². The third-order valence-corrected chi connectivity index (χ3v) is 8.55. The lowest BCUT2D eigenvalue weighted by atomic mass is 10.0. The number of unbranched alkanes of at least 4 members (excludes halogenated alkanes) is 17. The minimum Gasteiger partial charge on any atom is -0.463 e. The minimum atomic E-state index is -0.992. The molecule has 0 bridgehead atoms. The molecule has 0 spiro atoms. The van der Waals surface area contributed by atoms with Gasteiger partial charge in [-0.3, -0.25) is 9.59 Å². The fourth-order valence-electron chi connectivity index (χ4n) is 5.48. The molecule has 0 aliphatic heterocycles. The van der Waals surface area contributed by atoms with Crippen molar-refractivity contribution >= 4 is 11.9 Å². The number of aliphatic hydroxyl groups excluding tert-OH is 2. The Morgan fingerprint density at radius 2 is 0.857 bits per heavy atom. The van der Waals surface area contributed by atoms with Crippen LogP contribution in [0.15, 0.2) is 48.6 Å². The molecule has 0 aliphatic carbocycles. The lowest BCUT2D eigenvalue weighted by molar-refractivity contribution is -0.152. The summed E-state index contributed by atoms with van der Waals surface area (Å²) < 4.78 is 10.3. The first-order valence-corrected chi connectivity index (χ1v) is 20.2. The number of hydrogen-bond donors (Lipinski definition) is 2.